The van der Waals surface area contributed by atoms with Gasteiger partial charge in [0.25, 0.3) is 0 Å². The third-order valence-electron chi connectivity index (χ3n) is 3.16. The Balaban J connectivity index is 2.88. The van der Waals surface area contributed by atoms with Crippen LogP contribution in [0.15, 0.2) is 0 Å². The van der Waals surface area contributed by atoms with Crippen molar-refractivity contribution in [2.75, 3.05) is 31.7 Å². The molecule has 0 aliphatic heterocycles. The number of rotatable bonds is 9. The molecule has 5 heteroatoms. The Kier molecular flexibility index (Phi) is 7.34. The molecule has 0 aliphatic carbocycles. The van der Waals surface area contributed by atoms with E-state index in [2.05, 4.69) is 37.9 Å². The molecule has 110 valence electrons. The molecule has 1 rings (SSSR count). The van der Waals surface area contributed by atoms with E-state index in [0.717, 1.165) is 37.8 Å². The van der Waals surface area contributed by atoms with Crippen LogP contribution in [0.1, 0.15) is 38.3 Å². The summed E-state index contributed by atoms with van der Waals surface area (Å²) in [5.41, 5.74) is 1.23. The van der Waals surface area contributed by atoms with Gasteiger partial charge in [0.1, 0.15) is 0 Å². The highest BCUT2D eigenvalue weighted by Crippen LogP contribution is 2.28. The molecule has 0 spiro atoms. The van der Waals surface area contributed by atoms with Crippen molar-refractivity contribution in [3.8, 4) is 0 Å². The first-order chi connectivity index (χ1) is 9.17. The highest BCUT2D eigenvalue weighted by atomic mass is 32.1. The summed E-state index contributed by atoms with van der Waals surface area (Å²) in [6, 6.07) is 0.359. The van der Waals surface area contributed by atoms with E-state index < -0.39 is 0 Å². The van der Waals surface area contributed by atoms with Gasteiger partial charge in [-0.05, 0) is 26.8 Å². The molecule has 1 atom stereocenters. The maximum Gasteiger partial charge on any atom is 0.186 e. The number of likely N-dealkylation sites (N-methyl/N-ethyl adjacent to an activating group) is 1. The third kappa shape index (κ3) is 4.44. The lowest BCUT2D eigenvalue weighted by molar-refractivity contribution is 0.182. The number of aryl methyl sites for hydroxylation is 1. The van der Waals surface area contributed by atoms with Crippen molar-refractivity contribution in [2.45, 2.75) is 46.7 Å². The molecule has 0 saturated carbocycles. The van der Waals surface area contributed by atoms with E-state index >= 15 is 0 Å². The molecule has 0 aliphatic rings. The predicted molar refractivity (Wildman–Crippen MR) is 83.2 cm³/mol. The molecule has 1 aromatic heterocycles. The first kappa shape index (κ1) is 16.4. The van der Waals surface area contributed by atoms with Crippen molar-refractivity contribution < 1.29 is 4.74 Å². The summed E-state index contributed by atoms with van der Waals surface area (Å²) in [4.78, 5) is 8.49. The quantitative estimate of drug-likeness (QED) is 0.757. The molecule has 4 nitrogen and oxygen atoms in total. The Morgan fingerprint density at radius 1 is 1.37 bits per heavy atom. The number of hydrogen-bond acceptors (Lipinski definition) is 5. The summed E-state index contributed by atoms with van der Waals surface area (Å²) in [6.45, 7) is 12.3. The van der Waals surface area contributed by atoms with Crippen molar-refractivity contribution in [1.29, 1.82) is 0 Å². The fourth-order valence-electron chi connectivity index (χ4n) is 2.11. The molecule has 19 heavy (non-hydrogen) atoms. The van der Waals surface area contributed by atoms with Crippen molar-refractivity contribution in [3.63, 3.8) is 0 Å². The van der Waals surface area contributed by atoms with Gasteiger partial charge >= 0.3 is 0 Å². The summed E-state index contributed by atoms with van der Waals surface area (Å²) >= 11 is 1.81. The molecule has 0 fully saturated rings. The van der Waals surface area contributed by atoms with Crippen LogP contribution in [0.4, 0.5) is 5.13 Å². The van der Waals surface area contributed by atoms with E-state index in [0.29, 0.717) is 6.04 Å². The van der Waals surface area contributed by atoms with E-state index in [1.54, 1.807) is 7.11 Å². The van der Waals surface area contributed by atoms with E-state index in [9.17, 15) is 0 Å². The summed E-state index contributed by atoms with van der Waals surface area (Å²) in [5, 5.41) is 4.51. The highest BCUT2D eigenvalue weighted by molar-refractivity contribution is 7.15. The van der Waals surface area contributed by atoms with Gasteiger partial charge in [-0.1, -0.05) is 13.8 Å². The first-order valence-corrected chi connectivity index (χ1v) is 7.94. The Morgan fingerprint density at radius 2 is 2.11 bits per heavy atom. The van der Waals surface area contributed by atoms with Crippen molar-refractivity contribution in [2.24, 2.45) is 0 Å². The second-order valence-corrected chi connectivity index (χ2v) is 5.65. The van der Waals surface area contributed by atoms with Crippen molar-refractivity contribution >= 4 is 16.5 Å². The lowest BCUT2D eigenvalue weighted by Gasteiger charge is -2.26. The normalized spacial score (nSPS) is 12.7. The van der Waals surface area contributed by atoms with Gasteiger partial charge in [0.2, 0.25) is 0 Å². The van der Waals surface area contributed by atoms with Gasteiger partial charge in [-0.2, -0.15) is 0 Å². The van der Waals surface area contributed by atoms with Crippen LogP contribution in [0.3, 0.4) is 0 Å². The van der Waals surface area contributed by atoms with Crippen LogP contribution in [0.25, 0.3) is 0 Å². The fourth-order valence-corrected chi connectivity index (χ4v) is 3.40. The van der Waals surface area contributed by atoms with Crippen LogP contribution < -0.4 is 10.2 Å². The largest absolute Gasteiger partial charge is 0.383 e. The van der Waals surface area contributed by atoms with Gasteiger partial charge < -0.3 is 15.0 Å². The number of aromatic nitrogens is 1. The molecule has 0 bridgehead atoms. The maximum atomic E-state index is 5.26. The van der Waals surface area contributed by atoms with Crippen LogP contribution in [-0.2, 0) is 17.7 Å². The molecule has 0 aromatic carbocycles. The Labute approximate surface area is 121 Å². The molecule has 1 N–H and O–H groups in total. The van der Waals surface area contributed by atoms with Crippen LogP contribution >= 0.6 is 11.3 Å². The zero-order valence-electron chi connectivity index (χ0n) is 12.8. The van der Waals surface area contributed by atoms with E-state index in [-0.39, 0.29) is 0 Å². The summed E-state index contributed by atoms with van der Waals surface area (Å²) in [5.74, 6) is 0. The van der Waals surface area contributed by atoms with Crippen LogP contribution in [0.2, 0.25) is 0 Å². The van der Waals surface area contributed by atoms with Gasteiger partial charge in [0, 0.05) is 25.1 Å². The maximum absolute atomic E-state index is 5.26. The van der Waals surface area contributed by atoms with Crippen molar-refractivity contribution in [1.82, 2.24) is 10.3 Å². The van der Waals surface area contributed by atoms with Gasteiger partial charge in [0.15, 0.2) is 5.13 Å². The number of thiazole rings is 1. The second-order valence-electron chi connectivity index (χ2n) is 4.59. The van der Waals surface area contributed by atoms with E-state index in [4.69, 9.17) is 9.72 Å². The lowest BCUT2D eigenvalue weighted by Crippen LogP contribution is -2.36. The number of anilines is 1. The monoisotopic (exact) mass is 285 g/mol. The topological polar surface area (TPSA) is 37.4 Å². The molecule has 1 heterocycles. The summed E-state index contributed by atoms with van der Waals surface area (Å²) in [7, 11) is 1.75. The minimum atomic E-state index is 0.359. The Morgan fingerprint density at radius 3 is 2.63 bits per heavy atom. The minimum Gasteiger partial charge on any atom is -0.383 e. The summed E-state index contributed by atoms with van der Waals surface area (Å²) < 4.78 is 5.26. The first-order valence-electron chi connectivity index (χ1n) is 7.12. The van der Waals surface area contributed by atoms with Crippen LogP contribution in [0, 0.1) is 0 Å². The van der Waals surface area contributed by atoms with Crippen LogP contribution in [-0.4, -0.2) is 37.8 Å². The minimum absolute atomic E-state index is 0.359. The Hall–Kier alpha value is -0.650. The van der Waals surface area contributed by atoms with Gasteiger partial charge in [-0.15, -0.1) is 11.3 Å². The molecular formula is C14H27N3OS. The number of nitrogens with zero attached hydrogens (tertiary/aromatic N) is 2. The SMILES string of the molecule is CCNCc1sc(N(CC)C(C)COC)nc1CC. The molecule has 0 amide bonds. The van der Waals surface area contributed by atoms with E-state index in [1.807, 2.05) is 11.3 Å². The lowest BCUT2D eigenvalue weighted by atomic mass is 10.3. The standard InChI is InChI=1S/C14H27N3OS/c1-6-12-13(9-15-7-2)19-14(16-12)17(8-3)11(4)10-18-5/h11,15H,6-10H2,1-5H3. The average Bonchev–Trinajstić information content (AvgIpc) is 2.80. The van der Waals surface area contributed by atoms with Crippen LogP contribution in [0.5, 0.6) is 0 Å². The number of ether oxygens (including phenoxy) is 1. The molecule has 0 radical (unpaired) electrons. The van der Waals surface area contributed by atoms with E-state index in [1.165, 1.54) is 10.6 Å². The number of hydrogen-bond donors (Lipinski definition) is 1. The van der Waals surface area contributed by atoms with Gasteiger partial charge in [-0.3, -0.25) is 0 Å². The number of nitrogens with one attached hydrogen (secondary N) is 1. The summed E-state index contributed by atoms with van der Waals surface area (Å²) in [6.07, 6.45) is 0.993. The third-order valence-corrected chi connectivity index (χ3v) is 4.30. The van der Waals surface area contributed by atoms with Gasteiger partial charge in [-0.25, -0.2) is 4.98 Å². The second kappa shape index (κ2) is 8.51. The highest BCUT2D eigenvalue weighted by Gasteiger charge is 2.18. The molecule has 1 aromatic rings. The van der Waals surface area contributed by atoms with Gasteiger partial charge in [0.05, 0.1) is 18.3 Å². The fraction of sp³-hybridized carbons (Fsp3) is 0.786. The number of methoxy groups -OCH3 is 1. The zero-order chi connectivity index (χ0) is 14.3. The molecular weight excluding hydrogens is 258 g/mol. The molecule has 1 unspecified atom stereocenters. The zero-order valence-corrected chi connectivity index (χ0v) is 13.6. The molecule has 0 saturated heterocycles. The smallest absolute Gasteiger partial charge is 0.186 e. The predicted octanol–water partition coefficient (Wildman–Crippen LogP) is 2.68. The Bertz CT molecular complexity index is 368. The average molecular weight is 285 g/mol. The van der Waals surface area contributed by atoms with Crippen molar-refractivity contribution in [3.05, 3.63) is 10.6 Å².